The molecule has 0 bridgehead atoms. The number of carboxylic acid groups (broad SMARTS) is 1. The fraction of sp³-hybridized carbons (Fsp3) is 0.714. The van der Waals surface area contributed by atoms with Crippen LogP contribution in [0.5, 0.6) is 0 Å². The largest absolute Gasteiger partial charge is 0.481 e. The third-order valence-electron chi connectivity index (χ3n) is 3.68. The monoisotopic (exact) mass is 253 g/mol. The molecule has 0 aromatic carbocycles. The summed E-state index contributed by atoms with van der Waals surface area (Å²) in [5.41, 5.74) is -0.228. The molecule has 4 heteroatoms. The lowest BCUT2D eigenvalue weighted by Gasteiger charge is -2.36. The van der Waals surface area contributed by atoms with Crippen molar-refractivity contribution in [2.75, 3.05) is 6.54 Å². The lowest BCUT2D eigenvalue weighted by atomic mass is 9.71. The number of carbonyl (C=O) groups excluding carboxylic acids is 1. The smallest absolute Gasteiger partial charge is 0.303 e. The molecule has 18 heavy (non-hydrogen) atoms. The Bertz CT molecular complexity index is 306. The van der Waals surface area contributed by atoms with Crippen molar-refractivity contribution in [1.29, 1.82) is 0 Å². The van der Waals surface area contributed by atoms with Crippen LogP contribution in [-0.4, -0.2) is 23.5 Å². The molecular formula is C14H23NO3. The second kappa shape index (κ2) is 7.19. The summed E-state index contributed by atoms with van der Waals surface area (Å²) in [5.74, 6) is -0.775. The summed E-state index contributed by atoms with van der Waals surface area (Å²) in [7, 11) is 0. The van der Waals surface area contributed by atoms with E-state index in [-0.39, 0.29) is 17.7 Å². The van der Waals surface area contributed by atoms with Crippen molar-refractivity contribution in [1.82, 2.24) is 5.32 Å². The number of carboxylic acids is 1. The van der Waals surface area contributed by atoms with Crippen LogP contribution in [-0.2, 0) is 9.59 Å². The molecule has 1 saturated carbocycles. The second-order valence-corrected chi connectivity index (χ2v) is 5.24. The molecule has 4 nitrogen and oxygen atoms in total. The van der Waals surface area contributed by atoms with Crippen LogP contribution >= 0.6 is 0 Å². The minimum atomic E-state index is -0.766. The molecule has 2 N–H and O–H groups in total. The van der Waals surface area contributed by atoms with Crippen LogP contribution in [0.3, 0.4) is 0 Å². The van der Waals surface area contributed by atoms with Gasteiger partial charge in [0.05, 0.1) is 6.42 Å². The fourth-order valence-electron chi connectivity index (χ4n) is 2.65. The molecule has 1 aliphatic carbocycles. The summed E-state index contributed by atoms with van der Waals surface area (Å²) in [6.07, 6.45) is 8.09. The molecule has 0 unspecified atom stereocenters. The first kappa shape index (κ1) is 14.7. The number of nitrogens with one attached hydrogen (secondary N) is 1. The quantitative estimate of drug-likeness (QED) is 0.685. The molecule has 0 aromatic heterocycles. The van der Waals surface area contributed by atoms with Gasteiger partial charge in [0.15, 0.2) is 0 Å². The standard InChI is InChI=1S/C14H23NO3/c1-2-3-7-12(16)15-11-14(10-13(17)18)8-5-4-6-9-14/h2H,1,3-11H2,(H,15,16)(H,17,18). The summed E-state index contributed by atoms with van der Waals surface area (Å²) in [6, 6.07) is 0. The fourth-order valence-corrected chi connectivity index (χ4v) is 2.65. The zero-order valence-corrected chi connectivity index (χ0v) is 10.9. The molecule has 0 aromatic rings. The van der Waals surface area contributed by atoms with Crippen molar-refractivity contribution >= 4 is 11.9 Å². The van der Waals surface area contributed by atoms with E-state index in [1.165, 1.54) is 6.42 Å². The predicted octanol–water partition coefficient (Wildman–Crippen LogP) is 2.49. The second-order valence-electron chi connectivity index (χ2n) is 5.24. The first-order valence-corrected chi connectivity index (χ1v) is 6.67. The Morgan fingerprint density at radius 3 is 2.50 bits per heavy atom. The number of hydrogen-bond acceptors (Lipinski definition) is 2. The molecule has 102 valence electrons. The average Bonchev–Trinajstić information content (AvgIpc) is 2.34. The van der Waals surface area contributed by atoms with Gasteiger partial charge in [-0.3, -0.25) is 9.59 Å². The summed E-state index contributed by atoms with van der Waals surface area (Å²) >= 11 is 0. The molecule has 1 amide bonds. The van der Waals surface area contributed by atoms with Crippen LogP contribution in [0.15, 0.2) is 12.7 Å². The highest BCUT2D eigenvalue weighted by Gasteiger charge is 2.34. The molecule has 1 aliphatic rings. The highest BCUT2D eigenvalue weighted by Crippen LogP contribution is 2.38. The van der Waals surface area contributed by atoms with Crippen molar-refractivity contribution in [3.8, 4) is 0 Å². The normalized spacial score (nSPS) is 18.0. The van der Waals surface area contributed by atoms with Gasteiger partial charge in [-0.15, -0.1) is 6.58 Å². The number of amides is 1. The summed E-state index contributed by atoms with van der Waals surface area (Å²) in [5, 5.41) is 11.9. The molecular weight excluding hydrogens is 230 g/mol. The Balaban J connectivity index is 2.48. The average molecular weight is 253 g/mol. The maximum atomic E-state index is 11.6. The Morgan fingerprint density at radius 2 is 1.94 bits per heavy atom. The number of hydrogen-bond donors (Lipinski definition) is 2. The number of aliphatic carboxylic acids is 1. The van der Waals surface area contributed by atoms with Crippen molar-refractivity contribution in [3.05, 3.63) is 12.7 Å². The zero-order valence-electron chi connectivity index (χ0n) is 10.9. The lowest BCUT2D eigenvalue weighted by molar-refractivity contribution is -0.140. The van der Waals surface area contributed by atoms with E-state index in [9.17, 15) is 9.59 Å². The molecule has 0 atom stereocenters. The molecule has 0 radical (unpaired) electrons. The van der Waals surface area contributed by atoms with E-state index in [0.717, 1.165) is 25.7 Å². The summed E-state index contributed by atoms with van der Waals surface area (Å²) < 4.78 is 0. The van der Waals surface area contributed by atoms with Crippen molar-refractivity contribution < 1.29 is 14.7 Å². The van der Waals surface area contributed by atoms with Crippen molar-refractivity contribution in [3.63, 3.8) is 0 Å². The van der Waals surface area contributed by atoms with Gasteiger partial charge in [-0.05, 0) is 24.7 Å². The molecule has 0 saturated heterocycles. The molecule has 1 fully saturated rings. The molecule has 0 spiro atoms. The Morgan fingerprint density at radius 1 is 1.28 bits per heavy atom. The predicted molar refractivity (Wildman–Crippen MR) is 70.2 cm³/mol. The van der Waals surface area contributed by atoms with Gasteiger partial charge in [-0.25, -0.2) is 0 Å². The van der Waals surface area contributed by atoms with E-state index >= 15 is 0 Å². The van der Waals surface area contributed by atoms with Gasteiger partial charge in [0.25, 0.3) is 0 Å². The summed E-state index contributed by atoms with van der Waals surface area (Å²) in [4.78, 5) is 22.5. The third kappa shape index (κ3) is 4.90. The SMILES string of the molecule is C=CCCC(=O)NCC1(CC(=O)O)CCCCC1. The lowest BCUT2D eigenvalue weighted by Crippen LogP contribution is -2.40. The highest BCUT2D eigenvalue weighted by atomic mass is 16.4. The maximum absolute atomic E-state index is 11.6. The first-order chi connectivity index (χ1) is 8.58. The Kier molecular flexibility index (Phi) is 5.89. The van der Waals surface area contributed by atoms with Gasteiger partial charge in [0, 0.05) is 13.0 Å². The van der Waals surface area contributed by atoms with Gasteiger partial charge in [0.2, 0.25) is 5.91 Å². The zero-order chi connectivity index (χ0) is 13.4. The van der Waals surface area contributed by atoms with E-state index in [1.54, 1.807) is 6.08 Å². The van der Waals surface area contributed by atoms with E-state index in [0.29, 0.717) is 19.4 Å². The van der Waals surface area contributed by atoms with Crippen LogP contribution in [0.2, 0.25) is 0 Å². The maximum Gasteiger partial charge on any atom is 0.303 e. The minimum Gasteiger partial charge on any atom is -0.481 e. The Hall–Kier alpha value is -1.32. The van der Waals surface area contributed by atoms with E-state index in [1.807, 2.05) is 0 Å². The van der Waals surface area contributed by atoms with Crippen LogP contribution in [0.25, 0.3) is 0 Å². The highest BCUT2D eigenvalue weighted by molar-refractivity contribution is 5.76. The van der Waals surface area contributed by atoms with Crippen LogP contribution in [0.4, 0.5) is 0 Å². The molecule has 0 aliphatic heterocycles. The topological polar surface area (TPSA) is 66.4 Å². The van der Waals surface area contributed by atoms with Gasteiger partial charge in [-0.1, -0.05) is 25.3 Å². The van der Waals surface area contributed by atoms with Crippen LogP contribution < -0.4 is 5.32 Å². The first-order valence-electron chi connectivity index (χ1n) is 6.67. The van der Waals surface area contributed by atoms with Crippen LogP contribution in [0, 0.1) is 5.41 Å². The van der Waals surface area contributed by atoms with E-state index in [4.69, 9.17) is 5.11 Å². The van der Waals surface area contributed by atoms with Crippen molar-refractivity contribution in [2.45, 2.75) is 51.4 Å². The Labute approximate surface area is 108 Å². The van der Waals surface area contributed by atoms with Gasteiger partial charge in [0.1, 0.15) is 0 Å². The van der Waals surface area contributed by atoms with Gasteiger partial charge >= 0.3 is 5.97 Å². The number of rotatable bonds is 7. The van der Waals surface area contributed by atoms with E-state index in [2.05, 4.69) is 11.9 Å². The molecule has 1 rings (SSSR count). The van der Waals surface area contributed by atoms with Crippen molar-refractivity contribution in [2.24, 2.45) is 5.41 Å². The number of allylic oxidation sites excluding steroid dienone is 1. The van der Waals surface area contributed by atoms with Gasteiger partial charge in [-0.2, -0.15) is 0 Å². The minimum absolute atomic E-state index is 0.00904. The third-order valence-corrected chi connectivity index (χ3v) is 3.68. The van der Waals surface area contributed by atoms with Crippen LogP contribution in [0.1, 0.15) is 51.4 Å². The van der Waals surface area contributed by atoms with Gasteiger partial charge < -0.3 is 10.4 Å². The number of carbonyl (C=O) groups is 2. The summed E-state index contributed by atoms with van der Waals surface area (Å²) in [6.45, 7) is 4.07. The van der Waals surface area contributed by atoms with E-state index < -0.39 is 5.97 Å². The molecule has 0 heterocycles.